The summed E-state index contributed by atoms with van der Waals surface area (Å²) in [6.45, 7) is 3.99. The van der Waals surface area contributed by atoms with Crippen LogP contribution in [0, 0.1) is 11.8 Å². The van der Waals surface area contributed by atoms with Crippen LogP contribution >= 0.6 is 0 Å². The van der Waals surface area contributed by atoms with Crippen LogP contribution < -0.4 is 0 Å². The molecule has 0 bridgehead atoms. The van der Waals surface area contributed by atoms with Crippen molar-refractivity contribution in [2.75, 3.05) is 26.6 Å². The summed E-state index contributed by atoms with van der Waals surface area (Å²) in [5.74, 6) is 5.72. The fourth-order valence-electron chi connectivity index (χ4n) is 0.779. The molecule has 3 heteroatoms. The van der Waals surface area contributed by atoms with Crippen LogP contribution in [-0.2, 0) is 9.47 Å². The molecule has 0 aliphatic rings. The second-order valence-electron chi connectivity index (χ2n) is 2.87. The summed E-state index contributed by atoms with van der Waals surface area (Å²) in [5, 5.41) is 8.44. The zero-order chi connectivity index (χ0) is 10.5. The predicted molar refractivity (Wildman–Crippen MR) is 55.8 cm³/mol. The molecule has 0 aliphatic heterocycles. The van der Waals surface area contributed by atoms with Crippen molar-refractivity contribution in [2.45, 2.75) is 32.6 Å². The minimum Gasteiger partial charge on any atom is -0.395 e. The van der Waals surface area contributed by atoms with Gasteiger partial charge in [0.25, 0.3) is 0 Å². The first-order valence-electron chi connectivity index (χ1n) is 5.14. The average molecular weight is 200 g/mol. The molecular weight excluding hydrogens is 180 g/mol. The Morgan fingerprint density at radius 3 is 2.50 bits per heavy atom. The molecule has 1 N–H and O–H groups in total. The van der Waals surface area contributed by atoms with Crippen molar-refractivity contribution in [3.63, 3.8) is 0 Å². The first-order chi connectivity index (χ1) is 6.91. The molecule has 0 heterocycles. The van der Waals surface area contributed by atoms with Gasteiger partial charge >= 0.3 is 0 Å². The van der Waals surface area contributed by atoms with E-state index < -0.39 is 0 Å². The number of aliphatic hydroxyl groups excluding tert-OH is 1. The number of aliphatic hydroxyl groups is 1. The lowest BCUT2D eigenvalue weighted by molar-refractivity contribution is -0.0525. The zero-order valence-corrected chi connectivity index (χ0v) is 8.92. The van der Waals surface area contributed by atoms with Crippen LogP contribution in [0.1, 0.15) is 32.6 Å². The van der Waals surface area contributed by atoms with Crippen molar-refractivity contribution < 1.29 is 14.6 Å². The van der Waals surface area contributed by atoms with Gasteiger partial charge in [-0.25, -0.2) is 0 Å². The molecule has 0 fully saturated rings. The van der Waals surface area contributed by atoms with Crippen LogP contribution in [0.15, 0.2) is 0 Å². The molecule has 0 rings (SSSR count). The van der Waals surface area contributed by atoms with E-state index in [0.717, 1.165) is 19.4 Å². The maximum atomic E-state index is 8.44. The third kappa shape index (κ3) is 11.4. The summed E-state index contributed by atoms with van der Waals surface area (Å²) in [4.78, 5) is 0. The summed E-state index contributed by atoms with van der Waals surface area (Å²) in [7, 11) is 0. The number of hydrogen-bond acceptors (Lipinski definition) is 3. The number of hydrogen-bond donors (Lipinski definition) is 1. The van der Waals surface area contributed by atoms with E-state index in [1.165, 1.54) is 0 Å². The Hall–Kier alpha value is -0.560. The molecule has 0 unspecified atom stereocenters. The Kier molecular flexibility index (Phi) is 11.9. The highest BCUT2D eigenvalue weighted by Gasteiger charge is 1.86. The summed E-state index contributed by atoms with van der Waals surface area (Å²) >= 11 is 0. The summed E-state index contributed by atoms with van der Waals surface area (Å²) < 4.78 is 10.4. The lowest BCUT2D eigenvalue weighted by Gasteiger charge is -2.02. The standard InChI is InChI=1S/C11H20O3/c1-2-3-9-13-11-14-10-7-5-4-6-8-12/h12H,2-3,6-11H2,1H3. The van der Waals surface area contributed by atoms with Crippen LogP contribution in [0.25, 0.3) is 0 Å². The quantitative estimate of drug-likeness (QED) is 0.367. The Labute approximate surface area is 86.4 Å². The van der Waals surface area contributed by atoms with Gasteiger partial charge < -0.3 is 14.6 Å². The molecule has 0 aromatic heterocycles. The molecule has 0 radical (unpaired) electrons. The largest absolute Gasteiger partial charge is 0.395 e. The van der Waals surface area contributed by atoms with Gasteiger partial charge in [-0.1, -0.05) is 13.3 Å². The van der Waals surface area contributed by atoms with Gasteiger partial charge in [0.2, 0.25) is 0 Å². The van der Waals surface area contributed by atoms with E-state index in [9.17, 15) is 0 Å². The Bertz CT molecular complexity index is 158. The van der Waals surface area contributed by atoms with Gasteiger partial charge in [-0.2, -0.15) is 0 Å². The van der Waals surface area contributed by atoms with Gasteiger partial charge in [-0.05, 0) is 6.42 Å². The molecule has 82 valence electrons. The van der Waals surface area contributed by atoms with Crippen molar-refractivity contribution in [1.82, 2.24) is 0 Å². The predicted octanol–water partition coefficient (Wildman–Crippen LogP) is 1.55. The third-order valence-corrected chi connectivity index (χ3v) is 1.54. The fraction of sp³-hybridized carbons (Fsp3) is 0.818. The number of rotatable bonds is 8. The van der Waals surface area contributed by atoms with Crippen LogP contribution in [0.5, 0.6) is 0 Å². The topological polar surface area (TPSA) is 38.7 Å². The Balaban J connectivity index is 2.96. The van der Waals surface area contributed by atoms with Crippen LogP contribution in [-0.4, -0.2) is 31.7 Å². The first kappa shape index (κ1) is 13.4. The molecule has 3 nitrogen and oxygen atoms in total. The highest BCUT2D eigenvalue weighted by Crippen LogP contribution is 1.88. The SMILES string of the molecule is CCCCOCOCCC#CCCO. The molecule has 0 amide bonds. The second kappa shape index (κ2) is 12.4. The smallest absolute Gasteiger partial charge is 0.146 e. The fourth-order valence-corrected chi connectivity index (χ4v) is 0.779. The van der Waals surface area contributed by atoms with Crippen LogP contribution in [0.2, 0.25) is 0 Å². The highest BCUT2D eigenvalue weighted by atomic mass is 16.7. The van der Waals surface area contributed by atoms with Gasteiger partial charge in [0.05, 0.1) is 13.2 Å². The van der Waals surface area contributed by atoms with Crippen molar-refractivity contribution in [3.8, 4) is 11.8 Å². The molecule has 0 spiro atoms. The lowest BCUT2D eigenvalue weighted by atomic mass is 10.4. The molecule has 0 aliphatic carbocycles. The minimum atomic E-state index is 0.133. The van der Waals surface area contributed by atoms with E-state index in [4.69, 9.17) is 14.6 Å². The highest BCUT2D eigenvalue weighted by molar-refractivity contribution is 4.98. The first-order valence-corrected chi connectivity index (χ1v) is 5.14. The molecule has 0 aromatic carbocycles. The molecular formula is C11H20O3. The van der Waals surface area contributed by atoms with Gasteiger partial charge in [-0.15, -0.1) is 11.8 Å². The van der Waals surface area contributed by atoms with Crippen molar-refractivity contribution in [3.05, 3.63) is 0 Å². The van der Waals surface area contributed by atoms with E-state index in [-0.39, 0.29) is 6.61 Å². The Morgan fingerprint density at radius 2 is 1.79 bits per heavy atom. The van der Waals surface area contributed by atoms with Gasteiger partial charge in [0, 0.05) is 19.4 Å². The van der Waals surface area contributed by atoms with E-state index in [1.807, 2.05) is 0 Å². The van der Waals surface area contributed by atoms with Crippen LogP contribution in [0.3, 0.4) is 0 Å². The normalized spacial score (nSPS) is 9.57. The lowest BCUT2D eigenvalue weighted by Crippen LogP contribution is -2.02. The van der Waals surface area contributed by atoms with Crippen molar-refractivity contribution in [2.24, 2.45) is 0 Å². The van der Waals surface area contributed by atoms with Gasteiger partial charge in [0.1, 0.15) is 6.79 Å². The summed E-state index contributed by atoms with van der Waals surface area (Å²) in [6, 6.07) is 0. The van der Waals surface area contributed by atoms with Gasteiger partial charge in [-0.3, -0.25) is 0 Å². The Morgan fingerprint density at radius 1 is 1.07 bits per heavy atom. The summed E-state index contributed by atoms with van der Waals surface area (Å²) in [5.41, 5.74) is 0. The number of unbranched alkanes of at least 4 members (excludes halogenated alkanes) is 1. The molecule has 14 heavy (non-hydrogen) atoms. The maximum Gasteiger partial charge on any atom is 0.146 e. The van der Waals surface area contributed by atoms with Crippen molar-refractivity contribution in [1.29, 1.82) is 0 Å². The molecule has 0 saturated carbocycles. The molecule has 0 atom stereocenters. The second-order valence-corrected chi connectivity index (χ2v) is 2.87. The molecule has 0 saturated heterocycles. The minimum absolute atomic E-state index is 0.133. The van der Waals surface area contributed by atoms with Crippen molar-refractivity contribution >= 4 is 0 Å². The van der Waals surface area contributed by atoms with Gasteiger partial charge in [0.15, 0.2) is 0 Å². The van der Waals surface area contributed by atoms with E-state index in [1.54, 1.807) is 0 Å². The number of ether oxygens (including phenoxy) is 2. The third-order valence-electron chi connectivity index (χ3n) is 1.54. The van der Waals surface area contributed by atoms with Crippen LogP contribution in [0.4, 0.5) is 0 Å². The maximum absolute atomic E-state index is 8.44. The monoisotopic (exact) mass is 200 g/mol. The van der Waals surface area contributed by atoms with E-state index in [0.29, 0.717) is 26.2 Å². The van der Waals surface area contributed by atoms with E-state index in [2.05, 4.69) is 18.8 Å². The average Bonchev–Trinajstić information content (AvgIpc) is 2.21. The molecule has 0 aromatic rings. The zero-order valence-electron chi connectivity index (χ0n) is 8.92. The van der Waals surface area contributed by atoms with E-state index >= 15 is 0 Å². The summed E-state index contributed by atoms with van der Waals surface area (Å²) in [6.07, 6.45) is 3.48.